The molecule has 5 nitrogen and oxygen atoms in total. The zero-order valence-corrected chi connectivity index (χ0v) is 10.9. The molecule has 1 saturated heterocycles. The van der Waals surface area contributed by atoms with Crippen molar-refractivity contribution in [2.45, 2.75) is 25.4 Å². The fraction of sp³-hybridized carbons (Fsp3) is 0.636. The largest absolute Gasteiger partial charge is 0.368 e. The first-order valence-corrected chi connectivity index (χ1v) is 6.48. The van der Waals surface area contributed by atoms with Gasteiger partial charge in [-0.25, -0.2) is 4.98 Å². The van der Waals surface area contributed by atoms with Gasteiger partial charge in [0.15, 0.2) is 5.13 Å². The van der Waals surface area contributed by atoms with Gasteiger partial charge in [0.05, 0.1) is 0 Å². The predicted molar refractivity (Wildman–Crippen MR) is 67.3 cm³/mol. The summed E-state index contributed by atoms with van der Waals surface area (Å²) in [5, 5.41) is 6.70. The highest BCUT2D eigenvalue weighted by molar-refractivity contribution is 7.15. The first-order chi connectivity index (χ1) is 8.16. The van der Waals surface area contributed by atoms with Crippen molar-refractivity contribution in [3.8, 4) is 0 Å². The van der Waals surface area contributed by atoms with Gasteiger partial charge >= 0.3 is 0 Å². The Bertz CT molecular complexity index is 399. The number of nitrogens with zero attached hydrogens (tertiary/aromatic N) is 1. The first-order valence-electron chi connectivity index (χ1n) is 5.66. The topological polar surface area (TPSA) is 63.2 Å². The molecule has 1 amide bonds. The van der Waals surface area contributed by atoms with Crippen LogP contribution in [0.15, 0.2) is 6.20 Å². The second kappa shape index (κ2) is 5.12. The summed E-state index contributed by atoms with van der Waals surface area (Å²) in [6.45, 7) is 3.57. The lowest BCUT2D eigenvalue weighted by molar-refractivity contribution is -0.140. The molecule has 2 N–H and O–H groups in total. The minimum atomic E-state index is -0.704. The van der Waals surface area contributed by atoms with Crippen molar-refractivity contribution in [2.24, 2.45) is 0 Å². The molecule has 2 heterocycles. The fourth-order valence-electron chi connectivity index (χ4n) is 1.98. The number of carbonyl (C=O) groups is 1. The minimum Gasteiger partial charge on any atom is -0.368 e. The van der Waals surface area contributed by atoms with Crippen LogP contribution in [0.4, 0.5) is 5.13 Å². The maximum Gasteiger partial charge on any atom is 0.258 e. The summed E-state index contributed by atoms with van der Waals surface area (Å²) >= 11 is 1.48. The molecule has 6 heteroatoms. The van der Waals surface area contributed by atoms with E-state index in [1.54, 1.807) is 13.3 Å². The number of carbonyl (C=O) groups excluding carboxylic acids is 1. The number of ether oxygens (including phenoxy) is 1. The summed E-state index contributed by atoms with van der Waals surface area (Å²) < 4.78 is 5.44. The van der Waals surface area contributed by atoms with Gasteiger partial charge in [-0.15, -0.1) is 11.3 Å². The zero-order chi connectivity index (χ0) is 12.3. The van der Waals surface area contributed by atoms with E-state index in [9.17, 15) is 4.79 Å². The van der Waals surface area contributed by atoms with Crippen molar-refractivity contribution in [3.63, 3.8) is 0 Å². The highest BCUT2D eigenvalue weighted by atomic mass is 32.1. The van der Waals surface area contributed by atoms with E-state index in [0.717, 1.165) is 18.0 Å². The number of anilines is 1. The number of aromatic nitrogens is 1. The molecule has 94 valence electrons. The Morgan fingerprint density at radius 1 is 1.59 bits per heavy atom. The molecule has 2 rings (SSSR count). The molecule has 1 aliphatic heterocycles. The van der Waals surface area contributed by atoms with Gasteiger partial charge in [0.25, 0.3) is 5.91 Å². The van der Waals surface area contributed by atoms with Crippen LogP contribution in [0.2, 0.25) is 0 Å². The van der Waals surface area contributed by atoms with Gasteiger partial charge in [-0.3, -0.25) is 10.1 Å². The Balaban J connectivity index is 2.07. The standard InChI is InChI=1S/C11H17N3O2S/c1-8-7-13-10(17-8)14-9(15)11(16-2)3-5-12-6-4-11/h7,12H,3-6H2,1-2H3,(H,13,14,15). The third kappa shape index (κ3) is 2.65. The average molecular weight is 255 g/mol. The van der Waals surface area contributed by atoms with Crippen molar-refractivity contribution >= 4 is 22.4 Å². The maximum absolute atomic E-state index is 12.2. The molecule has 0 unspecified atom stereocenters. The monoisotopic (exact) mass is 255 g/mol. The van der Waals surface area contributed by atoms with Crippen LogP contribution in [0.25, 0.3) is 0 Å². The van der Waals surface area contributed by atoms with Crippen LogP contribution >= 0.6 is 11.3 Å². The highest BCUT2D eigenvalue weighted by Gasteiger charge is 2.39. The number of aryl methyl sites for hydroxylation is 1. The van der Waals surface area contributed by atoms with Crippen molar-refractivity contribution in [1.29, 1.82) is 0 Å². The maximum atomic E-state index is 12.2. The summed E-state index contributed by atoms with van der Waals surface area (Å²) in [5.74, 6) is -0.0872. The second-order valence-electron chi connectivity index (χ2n) is 4.18. The van der Waals surface area contributed by atoms with Crippen LogP contribution in [0.3, 0.4) is 0 Å². The summed E-state index contributed by atoms with van der Waals surface area (Å²) in [6.07, 6.45) is 3.14. The molecule has 0 spiro atoms. The van der Waals surface area contributed by atoms with Crippen LogP contribution in [-0.2, 0) is 9.53 Å². The van der Waals surface area contributed by atoms with Crippen LogP contribution in [0.1, 0.15) is 17.7 Å². The van der Waals surface area contributed by atoms with Gasteiger partial charge in [0.1, 0.15) is 5.60 Å². The number of amides is 1. The molecule has 17 heavy (non-hydrogen) atoms. The van der Waals surface area contributed by atoms with E-state index < -0.39 is 5.60 Å². The van der Waals surface area contributed by atoms with Crippen molar-refractivity contribution in [3.05, 3.63) is 11.1 Å². The first kappa shape index (κ1) is 12.5. The fourth-order valence-corrected chi connectivity index (χ4v) is 2.64. The number of nitrogens with one attached hydrogen (secondary N) is 2. The zero-order valence-electron chi connectivity index (χ0n) is 10.1. The molecule has 0 atom stereocenters. The van der Waals surface area contributed by atoms with Gasteiger partial charge in [-0.2, -0.15) is 0 Å². The number of hydrogen-bond donors (Lipinski definition) is 2. The lowest BCUT2D eigenvalue weighted by Gasteiger charge is -2.34. The third-order valence-electron chi connectivity index (χ3n) is 3.06. The van der Waals surface area contributed by atoms with Crippen LogP contribution in [0.5, 0.6) is 0 Å². The van der Waals surface area contributed by atoms with E-state index in [1.807, 2.05) is 6.92 Å². The number of piperidine rings is 1. The third-order valence-corrected chi connectivity index (χ3v) is 3.89. The summed E-state index contributed by atoms with van der Waals surface area (Å²) in [4.78, 5) is 17.4. The molecular weight excluding hydrogens is 238 g/mol. The second-order valence-corrected chi connectivity index (χ2v) is 5.41. The number of thiazole rings is 1. The van der Waals surface area contributed by atoms with Crippen molar-refractivity contribution in [1.82, 2.24) is 10.3 Å². The van der Waals surface area contributed by atoms with E-state index in [4.69, 9.17) is 4.74 Å². The van der Waals surface area contributed by atoms with Gasteiger partial charge < -0.3 is 10.1 Å². The Morgan fingerprint density at radius 3 is 2.82 bits per heavy atom. The Morgan fingerprint density at radius 2 is 2.29 bits per heavy atom. The normalized spacial score (nSPS) is 18.9. The molecule has 0 saturated carbocycles. The molecule has 1 fully saturated rings. The molecular formula is C11H17N3O2S. The summed E-state index contributed by atoms with van der Waals surface area (Å²) in [6, 6.07) is 0. The Kier molecular flexibility index (Phi) is 3.76. The molecule has 0 aromatic carbocycles. The van der Waals surface area contributed by atoms with Crippen LogP contribution < -0.4 is 10.6 Å². The lowest BCUT2D eigenvalue weighted by atomic mass is 9.91. The Hall–Kier alpha value is -0.980. The molecule has 0 bridgehead atoms. The van der Waals surface area contributed by atoms with E-state index in [0.29, 0.717) is 18.0 Å². The number of rotatable bonds is 3. The Labute approximate surface area is 105 Å². The molecule has 1 aromatic rings. The van der Waals surface area contributed by atoms with Crippen molar-refractivity contribution < 1.29 is 9.53 Å². The van der Waals surface area contributed by atoms with E-state index in [1.165, 1.54) is 11.3 Å². The average Bonchev–Trinajstić information content (AvgIpc) is 2.75. The van der Waals surface area contributed by atoms with E-state index in [2.05, 4.69) is 15.6 Å². The molecule has 0 aliphatic carbocycles. The SMILES string of the molecule is COC1(C(=O)Nc2ncc(C)s2)CCNCC1. The molecule has 1 aliphatic rings. The highest BCUT2D eigenvalue weighted by Crippen LogP contribution is 2.25. The minimum absolute atomic E-state index is 0.0872. The quantitative estimate of drug-likeness (QED) is 0.850. The van der Waals surface area contributed by atoms with E-state index >= 15 is 0 Å². The van der Waals surface area contributed by atoms with Gasteiger partial charge in [-0.05, 0) is 32.9 Å². The van der Waals surface area contributed by atoms with Gasteiger partial charge in [-0.1, -0.05) is 0 Å². The lowest BCUT2D eigenvalue weighted by Crippen LogP contribution is -2.51. The van der Waals surface area contributed by atoms with Crippen LogP contribution in [-0.4, -0.2) is 36.7 Å². The van der Waals surface area contributed by atoms with Gasteiger partial charge in [0.2, 0.25) is 0 Å². The predicted octanol–water partition coefficient (Wildman–Crippen LogP) is 1.16. The molecule has 0 radical (unpaired) electrons. The van der Waals surface area contributed by atoms with Crippen LogP contribution in [0, 0.1) is 6.92 Å². The smallest absolute Gasteiger partial charge is 0.258 e. The number of hydrogen-bond acceptors (Lipinski definition) is 5. The molecule has 1 aromatic heterocycles. The van der Waals surface area contributed by atoms with Crippen molar-refractivity contribution in [2.75, 3.05) is 25.5 Å². The van der Waals surface area contributed by atoms with E-state index in [-0.39, 0.29) is 5.91 Å². The summed E-state index contributed by atoms with van der Waals surface area (Å²) in [5.41, 5.74) is -0.704. The summed E-state index contributed by atoms with van der Waals surface area (Å²) in [7, 11) is 1.60. The van der Waals surface area contributed by atoms with Gasteiger partial charge in [0, 0.05) is 18.2 Å². The number of methoxy groups -OCH3 is 1.